The highest BCUT2D eigenvalue weighted by Crippen LogP contribution is 2.03. The van der Waals surface area contributed by atoms with Crippen LogP contribution in [-0.2, 0) is 7.05 Å². The summed E-state index contributed by atoms with van der Waals surface area (Å²) in [5.74, 6) is 0. The van der Waals surface area contributed by atoms with Crippen LogP contribution in [0, 0.1) is 0 Å². The highest BCUT2D eigenvalue weighted by atomic mass is 16.2. The summed E-state index contributed by atoms with van der Waals surface area (Å²) in [6.45, 7) is 0. The number of nitrogens with zero attached hydrogens (tertiary/aromatic N) is 1. The Balaban J connectivity index is 3.15. The maximum atomic E-state index is 11.3. The summed E-state index contributed by atoms with van der Waals surface area (Å²) < 4.78 is 1.41. The number of hydrogen-bond donors (Lipinski definition) is 1. The minimum Gasteiger partial charge on any atom is -0.296 e. The summed E-state index contributed by atoms with van der Waals surface area (Å²) in [5, 5.41) is 0.532. The lowest BCUT2D eigenvalue weighted by Gasteiger charge is -2.01. The first kappa shape index (κ1) is 7.79. The van der Waals surface area contributed by atoms with E-state index in [9.17, 15) is 9.59 Å². The smallest absolute Gasteiger partial charge is 0.296 e. The number of benzene rings is 1. The topological polar surface area (TPSA) is 54.9 Å². The van der Waals surface area contributed by atoms with Crippen molar-refractivity contribution in [2.45, 2.75) is 0 Å². The number of hydrogen-bond acceptors (Lipinski definition) is 2. The molecule has 0 saturated carbocycles. The Bertz CT molecular complexity index is 566. The van der Waals surface area contributed by atoms with E-state index >= 15 is 0 Å². The molecule has 4 heteroatoms. The number of aromatic amines is 1. The van der Waals surface area contributed by atoms with Gasteiger partial charge in [-0.25, -0.2) is 4.79 Å². The molecular formula is C9H8N2O2. The van der Waals surface area contributed by atoms with Crippen molar-refractivity contribution in [2.75, 3.05) is 0 Å². The second kappa shape index (κ2) is 2.58. The van der Waals surface area contributed by atoms with Crippen LogP contribution in [0.3, 0.4) is 0 Å². The zero-order valence-corrected chi connectivity index (χ0v) is 7.07. The predicted molar refractivity (Wildman–Crippen MR) is 49.8 cm³/mol. The highest BCUT2D eigenvalue weighted by Gasteiger charge is 2.01. The molecule has 0 saturated heterocycles. The van der Waals surface area contributed by atoms with Gasteiger partial charge in [-0.15, -0.1) is 0 Å². The van der Waals surface area contributed by atoms with E-state index in [1.807, 2.05) is 0 Å². The lowest BCUT2D eigenvalue weighted by atomic mass is 10.2. The maximum absolute atomic E-state index is 11.3. The van der Waals surface area contributed by atoms with Crippen LogP contribution in [0.2, 0.25) is 0 Å². The van der Waals surface area contributed by atoms with E-state index in [-0.39, 0.29) is 11.2 Å². The first-order valence-corrected chi connectivity index (χ1v) is 3.88. The molecule has 0 atom stereocenters. The minimum absolute atomic E-state index is 0.335. The Morgan fingerprint density at radius 1 is 1.23 bits per heavy atom. The number of aromatic nitrogens is 2. The summed E-state index contributed by atoms with van der Waals surface area (Å²) in [5.41, 5.74) is -0.0707. The van der Waals surface area contributed by atoms with Gasteiger partial charge in [-0.05, 0) is 12.1 Å². The van der Waals surface area contributed by atoms with Gasteiger partial charge < -0.3 is 0 Å². The van der Waals surface area contributed by atoms with Crippen molar-refractivity contribution < 1.29 is 0 Å². The van der Waals surface area contributed by atoms with Crippen LogP contribution in [0.25, 0.3) is 10.9 Å². The van der Waals surface area contributed by atoms with E-state index in [4.69, 9.17) is 0 Å². The second-order valence-electron chi connectivity index (χ2n) is 2.84. The fourth-order valence-electron chi connectivity index (χ4n) is 1.32. The van der Waals surface area contributed by atoms with Gasteiger partial charge in [0.05, 0.1) is 10.9 Å². The molecule has 0 amide bonds. The van der Waals surface area contributed by atoms with Gasteiger partial charge in [0.1, 0.15) is 0 Å². The number of nitrogens with one attached hydrogen (secondary N) is 1. The molecule has 2 rings (SSSR count). The summed E-state index contributed by atoms with van der Waals surface area (Å²) in [7, 11) is 1.63. The second-order valence-corrected chi connectivity index (χ2v) is 2.84. The third-order valence-electron chi connectivity index (χ3n) is 2.04. The number of fused-ring (bicyclic) bond motifs is 1. The van der Waals surface area contributed by atoms with E-state index < -0.39 is 0 Å². The molecule has 0 aliphatic rings. The third-order valence-corrected chi connectivity index (χ3v) is 2.04. The van der Waals surface area contributed by atoms with Gasteiger partial charge in [0, 0.05) is 7.05 Å². The van der Waals surface area contributed by atoms with Gasteiger partial charge in [0.2, 0.25) is 0 Å². The highest BCUT2D eigenvalue weighted by molar-refractivity contribution is 5.77. The molecule has 1 heterocycles. The van der Waals surface area contributed by atoms with Crippen LogP contribution < -0.4 is 11.2 Å². The normalized spacial score (nSPS) is 10.5. The van der Waals surface area contributed by atoms with Crippen LogP contribution in [0.4, 0.5) is 0 Å². The standard InChI is InChI=1S/C9H8N2O2/c1-11-7-5-3-2-4-6(7)8(12)10-9(11)13/h2-5H,1H3,(H,10,12,13). The van der Waals surface area contributed by atoms with Crippen LogP contribution in [0.15, 0.2) is 33.9 Å². The van der Waals surface area contributed by atoms with E-state index in [2.05, 4.69) is 4.98 Å². The molecular weight excluding hydrogens is 168 g/mol. The third kappa shape index (κ3) is 1.07. The summed E-state index contributed by atoms with van der Waals surface area (Å²) in [4.78, 5) is 24.7. The fraction of sp³-hybridized carbons (Fsp3) is 0.111. The van der Waals surface area contributed by atoms with Crippen LogP contribution >= 0.6 is 0 Å². The largest absolute Gasteiger partial charge is 0.328 e. The molecule has 0 bridgehead atoms. The molecule has 1 aromatic heterocycles. The van der Waals surface area contributed by atoms with Crippen molar-refractivity contribution in [1.82, 2.24) is 9.55 Å². The van der Waals surface area contributed by atoms with Crippen LogP contribution in [-0.4, -0.2) is 9.55 Å². The Kier molecular flexibility index (Phi) is 1.55. The number of rotatable bonds is 0. The molecule has 0 fully saturated rings. The first-order chi connectivity index (χ1) is 6.20. The lowest BCUT2D eigenvalue weighted by Crippen LogP contribution is -2.28. The van der Waals surface area contributed by atoms with E-state index in [0.717, 1.165) is 0 Å². The Labute approximate surface area is 73.5 Å². The van der Waals surface area contributed by atoms with Gasteiger partial charge in [-0.1, -0.05) is 12.1 Å². The maximum Gasteiger partial charge on any atom is 0.328 e. The molecule has 0 aliphatic heterocycles. The van der Waals surface area contributed by atoms with Crippen molar-refractivity contribution in [3.8, 4) is 0 Å². The summed E-state index contributed by atoms with van der Waals surface area (Å²) in [6.07, 6.45) is 0. The molecule has 4 nitrogen and oxygen atoms in total. The number of para-hydroxylation sites is 1. The summed E-state index contributed by atoms with van der Waals surface area (Å²) >= 11 is 0. The van der Waals surface area contributed by atoms with Crippen molar-refractivity contribution in [1.29, 1.82) is 0 Å². The van der Waals surface area contributed by atoms with Crippen molar-refractivity contribution in [2.24, 2.45) is 7.05 Å². The van der Waals surface area contributed by atoms with Gasteiger partial charge in [-0.2, -0.15) is 0 Å². The monoisotopic (exact) mass is 176 g/mol. The van der Waals surface area contributed by atoms with Gasteiger partial charge in [0.25, 0.3) is 5.56 Å². The van der Waals surface area contributed by atoms with E-state index in [1.54, 1.807) is 31.3 Å². The van der Waals surface area contributed by atoms with Crippen molar-refractivity contribution in [3.05, 3.63) is 45.1 Å². The summed E-state index contributed by atoms with van der Waals surface area (Å²) in [6, 6.07) is 6.99. The SMILES string of the molecule is Cn1c(=O)[nH]c(=O)c2ccccc21. The molecule has 66 valence electrons. The van der Waals surface area contributed by atoms with Gasteiger partial charge in [-0.3, -0.25) is 14.3 Å². The Hall–Kier alpha value is -1.84. The molecule has 2 aromatic rings. The van der Waals surface area contributed by atoms with E-state index in [0.29, 0.717) is 10.9 Å². The number of aryl methyl sites for hydroxylation is 1. The zero-order valence-electron chi connectivity index (χ0n) is 7.07. The Morgan fingerprint density at radius 3 is 2.69 bits per heavy atom. The zero-order chi connectivity index (χ0) is 9.42. The fourth-order valence-corrected chi connectivity index (χ4v) is 1.32. The van der Waals surface area contributed by atoms with Gasteiger partial charge >= 0.3 is 5.69 Å². The average Bonchev–Trinajstić information content (AvgIpc) is 2.15. The van der Waals surface area contributed by atoms with E-state index in [1.165, 1.54) is 4.57 Å². The molecule has 0 aliphatic carbocycles. The molecule has 13 heavy (non-hydrogen) atoms. The van der Waals surface area contributed by atoms with Crippen molar-refractivity contribution in [3.63, 3.8) is 0 Å². The molecule has 0 radical (unpaired) electrons. The number of H-pyrrole nitrogens is 1. The first-order valence-electron chi connectivity index (χ1n) is 3.88. The molecule has 0 spiro atoms. The molecule has 1 N–H and O–H groups in total. The quantitative estimate of drug-likeness (QED) is 0.624. The van der Waals surface area contributed by atoms with Gasteiger partial charge in [0.15, 0.2) is 0 Å². The van der Waals surface area contributed by atoms with Crippen LogP contribution in [0.5, 0.6) is 0 Å². The molecule has 0 unspecified atom stereocenters. The average molecular weight is 176 g/mol. The Morgan fingerprint density at radius 2 is 1.92 bits per heavy atom. The minimum atomic E-state index is -0.385. The molecule has 1 aromatic carbocycles. The predicted octanol–water partition coefficient (Wildman–Crippen LogP) is 0.227. The van der Waals surface area contributed by atoms with Crippen LogP contribution in [0.1, 0.15) is 0 Å². The van der Waals surface area contributed by atoms with Crippen molar-refractivity contribution >= 4 is 10.9 Å². The lowest BCUT2D eigenvalue weighted by molar-refractivity contribution is 0.843.